The summed E-state index contributed by atoms with van der Waals surface area (Å²) < 4.78 is 25.8. The van der Waals surface area contributed by atoms with Gasteiger partial charge in [0.15, 0.2) is 0 Å². The van der Waals surface area contributed by atoms with Crippen molar-refractivity contribution in [1.82, 2.24) is 9.62 Å². The van der Waals surface area contributed by atoms with E-state index < -0.39 is 34.4 Å². The molecule has 1 N–H and O–H groups in total. The minimum absolute atomic E-state index is 0.0277. The summed E-state index contributed by atoms with van der Waals surface area (Å²) in [5.41, 5.74) is 0. The van der Waals surface area contributed by atoms with E-state index in [0.717, 1.165) is 4.31 Å². The number of sulfonamides is 1. The van der Waals surface area contributed by atoms with Gasteiger partial charge in [0.05, 0.1) is 11.6 Å². The van der Waals surface area contributed by atoms with Crippen LogP contribution >= 0.6 is 23.2 Å². The molecule has 1 aliphatic rings. The Hall–Kier alpha value is -1.15. The quantitative estimate of drug-likeness (QED) is 0.817. The molecule has 1 unspecified atom stereocenters. The van der Waals surface area contributed by atoms with Crippen molar-refractivity contribution in [2.75, 3.05) is 6.54 Å². The molecule has 1 heterocycles. The second-order valence-electron chi connectivity index (χ2n) is 4.21. The lowest BCUT2D eigenvalue weighted by atomic mass is 10.2. The number of hydrogen-bond acceptors (Lipinski definition) is 4. The van der Waals surface area contributed by atoms with Crippen molar-refractivity contribution in [3.63, 3.8) is 0 Å². The van der Waals surface area contributed by atoms with Gasteiger partial charge in [-0.15, -0.1) is 0 Å². The fraction of sp³-hybridized carbons (Fsp3) is 0.273. The molecule has 0 aromatic heterocycles. The van der Waals surface area contributed by atoms with Crippen LogP contribution < -0.4 is 5.32 Å². The molecular formula is C11H10Cl2N2O4S. The third-order valence-electron chi connectivity index (χ3n) is 2.85. The molecule has 1 aliphatic heterocycles. The highest BCUT2D eigenvalue weighted by Gasteiger charge is 2.39. The van der Waals surface area contributed by atoms with Crippen molar-refractivity contribution in [2.45, 2.75) is 17.9 Å². The lowest BCUT2D eigenvalue weighted by Crippen LogP contribution is -2.58. The number of carbonyl (C=O) groups is 2. The van der Waals surface area contributed by atoms with E-state index >= 15 is 0 Å². The molecule has 2 amide bonds. The maximum atomic E-state index is 12.5. The number of hydrogen-bond donors (Lipinski definition) is 1. The number of benzene rings is 1. The number of halogens is 2. The maximum Gasteiger partial charge on any atom is 0.245 e. The first-order valence-corrected chi connectivity index (χ1v) is 7.73. The normalized spacial score (nSPS) is 20.9. The SMILES string of the molecule is CC1C(=O)NC(=O)CN1S(=O)(=O)c1cc(Cl)ccc1Cl. The van der Waals surface area contributed by atoms with E-state index in [0.29, 0.717) is 0 Å². The van der Waals surface area contributed by atoms with Crippen LogP contribution in [0.25, 0.3) is 0 Å². The Bertz CT molecular complexity index is 690. The van der Waals surface area contributed by atoms with Crippen LogP contribution in [0.15, 0.2) is 23.1 Å². The van der Waals surface area contributed by atoms with Gasteiger partial charge >= 0.3 is 0 Å². The van der Waals surface area contributed by atoms with Gasteiger partial charge in [0.2, 0.25) is 21.8 Å². The highest BCUT2D eigenvalue weighted by atomic mass is 35.5. The van der Waals surface area contributed by atoms with Gasteiger partial charge in [-0.05, 0) is 25.1 Å². The molecule has 1 atom stereocenters. The summed E-state index contributed by atoms with van der Waals surface area (Å²) >= 11 is 11.6. The van der Waals surface area contributed by atoms with E-state index in [1.807, 2.05) is 0 Å². The predicted octanol–water partition coefficient (Wildman–Crippen LogP) is 1.03. The summed E-state index contributed by atoms with van der Waals surface area (Å²) in [6, 6.07) is 2.96. The first kappa shape index (κ1) is 15.2. The van der Waals surface area contributed by atoms with E-state index in [1.165, 1.54) is 25.1 Å². The Morgan fingerprint density at radius 2 is 1.95 bits per heavy atom. The molecule has 1 fully saturated rings. The average Bonchev–Trinajstić information content (AvgIpc) is 2.36. The van der Waals surface area contributed by atoms with Crippen LogP contribution in [0, 0.1) is 0 Å². The Balaban J connectivity index is 2.51. The Labute approximate surface area is 125 Å². The third kappa shape index (κ3) is 2.67. The Kier molecular flexibility index (Phi) is 4.06. The van der Waals surface area contributed by atoms with Gasteiger partial charge in [-0.1, -0.05) is 23.2 Å². The zero-order valence-corrected chi connectivity index (χ0v) is 12.6. The van der Waals surface area contributed by atoms with Crippen LogP contribution in [0.3, 0.4) is 0 Å². The van der Waals surface area contributed by atoms with Crippen molar-refractivity contribution < 1.29 is 18.0 Å². The topological polar surface area (TPSA) is 83.6 Å². The molecule has 9 heteroatoms. The molecule has 1 aromatic rings. The van der Waals surface area contributed by atoms with Crippen molar-refractivity contribution in [3.8, 4) is 0 Å². The molecule has 0 spiro atoms. The van der Waals surface area contributed by atoms with Crippen LogP contribution in [0.4, 0.5) is 0 Å². The van der Waals surface area contributed by atoms with Crippen molar-refractivity contribution >= 4 is 45.0 Å². The molecule has 1 saturated heterocycles. The number of nitrogens with zero attached hydrogens (tertiary/aromatic N) is 1. The first-order chi connectivity index (χ1) is 9.23. The first-order valence-electron chi connectivity index (χ1n) is 5.54. The second kappa shape index (κ2) is 5.33. The molecule has 2 rings (SSSR count). The van der Waals surface area contributed by atoms with Gasteiger partial charge in [0.25, 0.3) is 0 Å². The van der Waals surface area contributed by atoms with E-state index in [4.69, 9.17) is 23.2 Å². The molecule has 20 heavy (non-hydrogen) atoms. The summed E-state index contributed by atoms with van der Waals surface area (Å²) in [5, 5.41) is 2.23. The summed E-state index contributed by atoms with van der Waals surface area (Å²) in [6.45, 7) is 0.940. The summed E-state index contributed by atoms with van der Waals surface area (Å²) in [7, 11) is -4.09. The molecule has 0 radical (unpaired) electrons. The van der Waals surface area contributed by atoms with E-state index in [9.17, 15) is 18.0 Å². The van der Waals surface area contributed by atoms with Crippen molar-refractivity contribution in [1.29, 1.82) is 0 Å². The van der Waals surface area contributed by atoms with Crippen LogP contribution in [-0.2, 0) is 19.6 Å². The number of carbonyl (C=O) groups excluding carboxylic acids is 2. The Morgan fingerprint density at radius 3 is 2.60 bits per heavy atom. The van der Waals surface area contributed by atoms with Gasteiger partial charge < -0.3 is 0 Å². The highest BCUT2D eigenvalue weighted by Crippen LogP contribution is 2.29. The third-order valence-corrected chi connectivity index (χ3v) is 5.49. The lowest BCUT2D eigenvalue weighted by Gasteiger charge is -2.30. The van der Waals surface area contributed by atoms with Crippen molar-refractivity contribution in [2.24, 2.45) is 0 Å². The average molecular weight is 337 g/mol. The van der Waals surface area contributed by atoms with E-state index in [2.05, 4.69) is 5.32 Å². The maximum absolute atomic E-state index is 12.5. The standard InChI is InChI=1S/C11H10Cl2N2O4S/c1-6-11(17)14-10(16)5-15(6)20(18,19)9-4-7(12)2-3-8(9)13/h2-4,6H,5H2,1H3,(H,14,16,17). The van der Waals surface area contributed by atoms with E-state index in [-0.39, 0.29) is 14.9 Å². The molecular weight excluding hydrogens is 327 g/mol. The fourth-order valence-electron chi connectivity index (χ4n) is 1.78. The monoisotopic (exact) mass is 336 g/mol. The van der Waals surface area contributed by atoms with Crippen LogP contribution in [0.1, 0.15) is 6.92 Å². The number of amides is 2. The van der Waals surface area contributed by atoms with Crippen LogP contribution in [0.2, 0.25) is 10.0 Å². The van der Waals surface area contributed by atoms with Gasteiger partial charge in [0.1, 0.15) is 10.9 Å². The zero-order chi connectivity index (χ0) is 15.1. The molecule has 6 nitrogen and oxygen atoms in total. The predicted molar refractivity (Wildman–Crippen MR) is 73.0 cm³/mol. The summed E-state index contributed by atoms with van der Waals surface area (Å²) in [4.78, 5) is 22.7. The van der Waals surface area contributed by atoms with Crippen LogP contribution in [-0.4, -0.2) is 37.1 Å². The lowest BCUT2D eigenvalue weighted by molar-refractivity contribution is -0.136. The molecule has 108 valence electrons. The minimum atomic E-state index is -4.09. The minimum Gasteiger partial charge on any atom is -0.294 e. The van der Waals surface area contributed by atoms with Gasteiger partial charge in [-0.3, -0.25) is 14.9 Å². The molecule has 1 aromatic carbocycles. The largest absolute Gasteiger partial charge is 0.294 e. The van der Waals surface area contributed by atoms with E-state index in [1.54, 1.807) is 0 Å². The summed E-state index contributed by atoms with van der Waals surface area (Å²) in [5.74, 6) is -1.36. The zero-order valence-electron chi connectivity index (χ0n) is 10.3. The number of rotatable bonds is 2. The van der Waals surface area contributed by atoms with Gasteiger partial charge in [-0.2, -0.15) is 4.31 Å². The fourth-order valence-corrected chi connectivity index (χ4v) is 4.07. The number of nitrogens with one attached hydrogen (secondary N) is 1. The van der Waals surface area contributed by atoms with Gasteiger partial charge in [0, 0.05) is 5.02 Å². The molecule has 0 saturated carbocycles. The Morgan fingerprint density at radius 1 is 1.30 bits per heavy atom. The van der Waals surface area contributed by atoms with Crippen molar-refractivity contribution in [3.05, 3.63) is 28.2 Å². The number of piperazine rings is 1. The smallest absolute Gasteiger partial charge is 0.245 e. The highest BCUT2D eigenvalue weighted by molar-refractivity contribution is 7.89. The second-order valence-corrected chi connectivity index (χ2v) is 6.92. The van der Waals surface area contributed by atoms with Crippen LogP contribution in [0.5, 0.6) is 0 Å². The summed E-state index contributed by atoms with van der Waals surface area (Å²) in [6.07, 6.45) is 0. The molecule has 0 aliphatic carbocycles. The van der Waals surface area contributed by atoms with Gasteiger partial charge in [-0.25, -0.2) is 8.42 Å². The molecule has 0 bridgehead atoms. The number of imide groups is 1.